The maximum atomic E-state index is 12.1. The molecule has 0 bridgehead atoms. The van der Waals surface area contributed by atoms with Crippen molar-refractivity contribution in [1.29, 1.82) is 0 Å². The summed E-state index contributed by atoms with van der Waals surface area (Å²) in [5.74, 6) is 0. The van der Waals surface area contributed by atoms with Crippen LogP contribution in [-0.4, -0.2) is 34.5 Å². The van der Waals surface area contributed by atoms with Crippen molar-refractivity contribution in [2.24, 2.45) is 0 Å². The standard InChI is InChI=1S/C13H23NO3/c1-6-13(9-15)8-7-10(2)14(13)11(16)17-12(3,4)5/h9-10H,6-8H2,1-5H3. The summed E-state index contributed by atoms with van der Waals surface area (Å²) in [5.41, 5.74) is -1.19. The normalized spacial score (nSPS) is 29.2. The Bertz CT molecular complexity index is 308. The van der Waals surface area contributed by atoms with Crippen molar-refractivity contribution < 1.29 is 14.3 Å². The van der Waals surface area contributed by atoms with Crippen molar-refractivity contribution in [2.45, 2.75) is 71.1 Å². The van der Waals surface area contributed by atoms with Crippen LogP contribution in [0.15, 0.2) is 0 Å². The second kappa shape index (κ2) is 4.67. The molecule has 0 aliphatic carbocycles. The number of nitrogens with zero attached hydrogens (tertiary/aromatic N) is 1. The second-order valence-corrected chi connectivity index (χ2v) is 5.81. The summed E-state index contributed by atoms with van der Waals surface area (Å²) in [6, 6.07) is 0.0648. The Labute approximate surface area is 103 Å². The summed E-state index contributed by atoms with van der Waals surface area (Å²) in [7, 11) is 0. The van der Waals surface area contributed by atoms with Crippen LogP contribution < -0.4 is 0 Å². The number of aldehydes is 1. The minimum atomic E-state index is -0.665. The number of ether oxygens (including phenoxy) is 1. The molecule has 0 aromatic rings. The molecule has 1 aliphatic heterocycles. The summed E-state index contributed by atoms with van der Waals surface area (Å²) in [5, 5.41) is 0. The minimum absolute atomic E-state index is 0.0648. The lowest BCUT2D eigenvalue weighted by Gasteiger charge is -2.36. The molecule has 0 N–H and O–H groups in total. The van der Waals surface area contributed by atoms with Crippen molar-refractivity contribution >= 4 is 12.4 Å². The Morgan fingerprint density at radius 1 is 1.53 bits per heavy atom. The molecule has 0 spiro atoms. The van der Waals surface area contributed by atoms with Crippen LogP contribution in [-0.2, 0) is 9.53 Å². The van der Waals surface area contributed by atoms with E-state index >= 15 is 0 Å². The lowest BCUT2D eigenvalue weighted by Crippen LogP contribution is -2.52. The molecule has 1 saturated heterocycles. The number of amides is 1. The Morgan fingerprint density at radius 2 is 2.12 bits per heavy atom. The Kier molecular flexibility index (Phi) is 3.84. The molecule has 0 radical (unpaired) electrons. The third-order valence-corrected chi connectivity index (χ3v) is 3.34. The van der Waals surface area contributed by atoms with E-state index in [0.717, 1.165) is 19.1 Å². The molecular weight excluding hydrogens is 218 g/mol. The molecule has 4 nitrogen and oxygen atoms in total. The van der Waals surface area contributed by atoms with E-state index in [1.807, 2.05) is 34.6 Å². The van der Waals surface area contributed by atoms with Gasteiger partial charge in [-0.3, -0.25) is 4.90 Å². The molecule has 1 amide bonds. The van der Waals surface area contributed by atoms with Crippen molar-refractivity contribution in [3.05, 3.63) is 0 Å². The Morgan fingerprint density at radius 3 is 2.53 bits per heavy atom. The van der Waals surface area contributed by atoms with Gasteiger partial charge in [0.05, 0.1) is 0 Å². The van der Waals surface area contributed by atoms with Crippen molar-refractivity contribution in [3.8, 4) is 0 Å². The average Bonchev–Trinajstić information content (AvgIpc) is 2.53. The van der Waals surface area contributed by atoms with Gasteiger partial charge >= 0.3 is 6.09 Å². The maximum absolute atomic E-state index is 12.1. The fraction of sp³-hybridized carbons (Fsp3) is 0.846. The monoisotopic (exact) mass is 241 g/mol. The zero-order valence-electron chi connectivity index (χ0n) is 11.4. The molecule has 0 aromatic carbocycles. The molecule has 0 aromatic heterocycles. The molecule has 1 heterocycles. The molecule has 2 unspecified atom stereocenters. The molecule has 0 saturated carbocycles. The van der Waals surface area contributed by atoms with Crippen LogP contribution in [0.3, 0.4) is 0 Å². The van der Waals surface area contributed by atoms with Crippen LogP contribution in [0.1, 0.15) is 53.9 Å². The van der Waals surface area contributed by atoms with Gasteiger partial charge in [0.25, 0.3) is 0 Å². The SMILES string of the molecule is CCC1(C=O)CCC(C)N1C(=O)OC(C)(C)C. The number of likely N-dealkylation sites (tertiary alicyclic amines) is 1. The Balaban J connectivity index is 2.92. The lowest BCUT2D eigenvalue weighted by atomic mass is 9.95. The van der Waals surface area contributed by atoms with E-state index in [9.17, 15) is 9.59 Å². The highest BCUT2D eigenvalue weighted by Gasteiger charge is 2.47. The summed E-state index contributed by atoms with van der Waals surface area (Å²) in [6.45, 7) is 9.40. The number of carbonyl (C=O) groups excluding carboxylic acids is 2. The first-order valence-electron chi connectivity index (χ1n) is 6.24. The predicted molar refractivity (Wildman–Crippen MR) is 65.9 cm³/mol. The smallest absolute Gasteiger partial charge is 0.411 e. The lowest BCUT2D eigenvalue weighted by molar-refractivity contribution is -0.118. The second-order valence-electron chi connectivity index (χ2n) is 5.81. The zero-order valence-corrected chi connectivity index (χ0v) is 11.4. The van der Waals surface area contributed by atoms with Gasteiger partial charge in [-0.1, -0.05) is 6.92 Å². The van der Waals surface area contributed by atoms with Crippen molar-refractivity contribution in [1.82, 2.24) is 4.90 Å². The van der Waals surface area contributed by atoms with Gasteiger partial charge in [0.15, 0.2) is 0 Å². The number of carbonyl (C=O) groups is 2. The van der Waals surface area contributed by atoms with E-state index in [-0.39, 0.29) is 12.1 Å². The highest BCUT2D eigenvalue weighted by Crippen LogP contribution is 2.36. The van der Waals surface area contributed by atoms with Gasteiger partial charge in [0, 0.05) is 6.04 Å². The molecule has 4 heteroatoms. The minimum Gasteiger partial charge on any atom is -0.444 e. The number of hydrogen-bond acceptors (Lipinski definition) is 3. The summed E-state index contributed by atoms with van der Waals surface area (Å²) >= 11 is 0. The van der Waals surface area contributed by atoms with E-state index in [0.29, 0.717) is 6.42 Å². The molecule has 1 aliphatic rings. The highest BCUT2D eigenvalue weighted by molar-refractivity contribution is 5.78. The van der Waals surface area contributed by atoms with Gasteiger partial charge in [-0.2, -0.15) is 0 Å². The van der Waals surface area contributed by atoms with Gasteiger partial charge in [0.2, 0.25) is 0 Å². The first kappa shape index (κ1) is 14.0. The van der Waals surface area contributed by atoms with Gasteiger partial charge in [-0.05, 0) is 47.0 Å². The topological polar surface area (TPSA) is 46.6 Å². The molecule has 1 rings (SSSR count). The van der Waals surface area contributed by atoms with Crippen LogP contribution in [0, 0.1) is 0 Å². The number of hydrogen-bond donors (Lipinski definition) is 0. The quantitative estimate of drug-likeness (QED) is 0.698. The van der Waals surface area contributed by atoms with Crippen LogP contribution >= 0.6 is 0 Å². The third-order valence-electron chi connectivity index (χ3n) is 3.34. The maximum Gasteiger partial charge on any atom is 0.411 e. The average molecular weight is 241 g/mol. The first-order valence-corrected chi connectivity index (χ1v) is 6.24. The van der Waals surface area contributed by atoms with Gasteiger partial charge in [-0.25, -0.2) is 4.79 Å². The summed E-state index contributed by atoms with van der Waals surface area (Å²) in [6.07, 6.45) is 2.75. The predicted octanol–water partition coefficient (Wildman–Crippen LogP) is 2.75. The van der Waals surface area contributed by atoms with Crippen LogP contribution in [0.5, 0.6) is 0 Å². The summed E-state index contributed by atoms with van der Waals surface area (Å²) in [4.78, 5) is 25.1. The Hall–Kier alpha value is -1.06. The van der Waals surface area contributed by atoms with E-state index in [1.165, 1.54) is 0 Å². The molecule has 17 heavy (non-hydrogen) atoms. The number of rotatable bonds is 2. The van der Waals surface area contributed by atoms with Gasteiger partial charge < -0.3 is 9.53 Å². The van der Waals surface area contributed by atoms with Crippen molar-refractivity contribution in [3.63, 3.8) is 0 Å². The van der Waals surface area contributed by atoms with Crippen LogP contribution in [0.2, 0.25) is 0 Å². The zero-order chi connectivity index (χ0) is 13.3. The van der Waals surface area contributed by atoms with E-state index in [1.54, 1.807) is 4.90 Å². The highest BCUT2D eigenvalue weighted by atomic mass is 16.6. The summed E-state index contributed by atoms with van der Waals surface area (Å²) < 4.78 is 5.38. The molecule has 2 atom stereocenters. The van der Waals surface area contributed by atoms with Crippen LogP contribution in [0.25, 0.3) is 0 Å². The molecular formula is C13H23NO3. The molecule has 98 valence electrons. The van der Waals surface area contributed by atoms with E-state index < -0.39 is 11.1 Å². The van der Waals surface area contributed by atoms with E-state index in [2.05, 4.69) is 0 Å². The fourth-order valence-corrected chi connectivity index (χ4v) is 2.37. The van der Waals surface area contributed by atoms with Crippen molar-refractivity contribution in [2.75, 3.05) is 0 Å². The molecule has 1 fully saturated rings. The third kappa shape index (κ3) is 2.79. The van der Waals surface area contributed by atoms with Gasteiger partial charge in [-0.15, -0.1) is 0 Å². The van der Waals surface area contributed by atoms with E-state index in [4.69, 9.17) is 4.74 Å². The van der Waals surface area contributed by atoms with Gasteiger partial charge in [0.1, 0.15) is 17.4 Å². The largest absolute Gasteiger partial charge is 0.444 e. The fourth-order valence-electron chi connectivity index (χ4n) is 2.37. The first-order chi connectivity index (χ1) is 7.75. The van der Waals surface area contributed by atoms with Crippen LogP contribution in [0.4, 0.5) is 4.79 Å².